The molecule has 0 aromatic carbocycles. The molecular formula is C10H17N3O3. The molecule has 0 bridgehead atoms. The second kappa shape index (κ2) is 4.52. The number of rotatable bonds is 3. The third kappa shape index (κ3) is 2.96. The molecule has 0 saturated carbocycles. The molecule has 0 aliphatic heterocycles. The number of esters is 1. The van der Waals surface area contributed by atoms with Gasteiger partial charge in [0.05, 0.1) is 19.3 Å². The fourth-order valence-electron chi connectivity index (χ4n) is 1.16. The van der Waals surface area contributed by atoms with Gasteiger partial charge in [0.25, 0.3) is 0 Å². The van der Waals surface area contributed by atoms with Crippen LogP contribution in [-0.2, 0) is 11.3 Å². The van der Waals surface area contributed by atoms with Crippen LogP contribution in [0.3, 0.4) is 0 Å². The number of nitrogen functional groups attached to an aromatic ring is 1. The Kier molecular flexibility index (Phi) is 3.54. The highest BCUT2D eigenvalue weighted by Crippen LogP contribution is 2.16. The van der Waals surface area contributed by atoms with Crippen molar-refractivity contribution in [2.45, 2.75) is 32.9 Å². The van der Waals surface area contributed by atoms with Crippen LogP contribution >= 0.6 is 0 Å². The minimum atomic E-state index is -0.567. The molecule has 0 saturated heterocycles. The number of ether oxygens (including phenoxy) is 1. The molecule has 1 rings (SSSR count). The summed E-state index contributed by atoms with van der Waals surface area (Å²) in [6.45, 7) is 5.51. The molecule has 0 unspecified atom stereocenters. The smallest absolute Gasteiger partial charge is 0.344 e. The first kappa shape index (κ1) is 12.5. The van der Waals surface area contributed by atoms with E-state index >= 15 is 0 Å². The Bertz CT molecular complexity index is 379. The number of carbonyl (C=O) groups excluding carboxylic acids is 1. The third-order valence-electron chi connectivity index (χ3n) is 1.81. The summed E-state index contributed by atoms with van der Waals surface area (Å²) in [5.74, 6) is -0.294. The summed E-state index contributed by atoms with van der Waals surface area (Å²) >= 11 is 0. The van der Waals surface area contributed by atoms with Gasteiger partial charge >= 0.3 is 5.97 Å². The summed E-state index contributed by atoms with van der Waals surface area (Å²) in [4.78, 5) is 11.7. The summed E-state index contributed by atoms with van der Waals surface area (Å²) in [6, 6.07) is 0. The second-order valence-electron chi connectivity index (χ2n) is 4.39. The average Bonchev–Trinajstić information content (AvgIpc) is 2.46. The molecule has 0 aliphatic rings. The van der Waals surface area contributed by atoms with Crippen molar-refractivity contribution in [3.63, 3.8) is 0 Å². The van der Waals surface area contributed by atoms with Gasteiger partial charge in [0, 0.05) is 0 Å². The quantitative estimate of drug-likeness (QED) is 0.730. The number of aliphatic hydroxyl groups excluding tert-OH is 1. The molecule has 16 heavy (non-hydrogen) atoms. The Morgan fingerprint density at radius 2 is 2.25 bits per heavy atom. The third-order valence-corrected chi connectivity index (χ3v) is 1.81. The molecule has 0 radical (unpaired) electrons. The molecule has 1 heterocycles. The second-order valence-corrected chi connectivity index (χ2v) is 4.39. The van der Waals surface area contributed by atoms with Crippen LogP contribution in [0.4, 0.5) is 5.82 Å². The van der Waals surface area contributed by atoms with E-state index in [0.717, 1.165) is 0 Å². The predicted molar refractivity (Wildman–Crippen MR) is 58.9 cm³/mol. The fourth-order valence-corrected chi connectivity index (χ4v) is 1.16. The molecule has 0 aliphatic carbocycles. The van der Waals surface area contributed by atoms with Gasteiger partial charge in [0.15, 0.2) is 0 Å². The lowest BCUT2D eigenvalue weighted by Crippen LogP contribution is -2.24. The van der Waals surface area contributed by atoms with Crippen molar-refractivity contribution in [1.82, 2.24) is 9.78 Å². The number of nitrogens with zero attached hydrogens (tertiary/aromatic N) is 2. The zero-order chi connectivity index (χ0) is 12.3. The Hall–Kier alpha value is -1.56. The zero-order valence-corrected chi connectivity index (χ0v) is 9.73. The van der Waals surface area contributed by atoms with E-state index in [9.17, 15) is 4.79 Å². The number of aliphatic hydroxyl groups is 1. The van der Waals surface area contributed by atoms with E-state index in [0.29, 0.717) is 0 Å². The maximum Gasteiger partial charge on any atom is 0.344 e. The largest absolute Gasteiger partial charge is 0.456 e. The molecule has 0 amide bonds. The summed E-state index contributed by atoms with van der Waals surface area (Å²) < 4.78 is 6.52. The van der Waals surface area contributed by atoms with Crippen LogP contribution < -0.4 is 5.73 Å². The number of hydrogen-bond acceptors (Lipinski definition) is 5. The standard InChI is InChI=1S/C10H17N3O3/c1-10(2,3)16-9(15)7-6-12-13(4-5-14)8(7)11/h6,14H,4-5,11H2,1-3H3. The van der Waals surface area contributed by atoms with E-state index < -0.39 is 11.6 Å². The van der Waals surface area contributed by atoms with Gasteiger partial charge in [-0.2, -0.15) is 5.10 Å². The summed E-state index contributed by atoms with van der Waals surface area (Å²) in [7, 11) is 0. The highest BCUT2D eigenvalue weighted by atomic mass is 16.6. The van der Waals surface area contributed by atoms with Gasteiger partial charge in [-0.1, -0.05) is 0 Å². The minimum absolute atomic E-state index is 0.0837. The first-order valence-corrected chi connectivity index (χ1v) is 5.00. The van der Waals surface area contributed by atoms with Gasteiger partial charge in [-0.15, -0.1) is 0 Å². The highest BCUT2D eigenvalue weighted by molar-refractivity contribution is 5.94. The van der Waals surface area contributed by atoms with Gasteiger partial charge < -0.3 is 15.6 Å². The van der Waals surface area contributed by atoms with Gasteiger partial charge in [0.2, 0.25) is 0 Å². The van der Waals surface area contributed by atoms with Crippen LogP contribution in [0.5, 0.6) is 0 Å². The molecule has 1 aromatic heterocycles. The van der Waals surface area contributed by atoms with Crippen molar-refractivity contribution < 1.29 is 14.6 Å². The summed E-state index contributed by atoms with van der Waals surface area (Å²) in [5, 5.41) is 12.6. The van der Waals surface area contributed by atoms with E-state index in [1.165, 1.54) is 10.9 Å². The highest BCUT2D eigenvalue weighted by Gasteiger charge is 2.22. The molecule has 90 valence electrons. The Morgan fingerprint density at radius 1 is 1.62 bits per heavy atom. The average molecular weight is 227 g/mol. The number of nitrogens with two attached hydrogens (primary N) is 1. The summed E-state index contributed by atoms with van der Waals surface area (Å²) in [5.41, 5.74) is 5.36. The van der Waals surface area contributed by atoms with E-state index in [1.54, 1.807) is 20.8 Å². The molecule has 0 fully saturated rings. The Morgan fingerprint density at radius 3 is 2.75 bits per heavy atom. The van der Waals surface area contributed by atoms with E-state index in [1.807, 2.05) is 0 Å². The van der Waals surface area contributed by atoms with Gasteiger partial charge in [-0.3, -0.25) is 0 Å². The van der Waals surface area contributed by atoms with Crippen molar-refractivity contribution in [1.29, 1.82) is 0 Å². The van der Waals surface area contributed by atoms with Crippen LogP contribution in [0.2, 0.25) is 0 Å². The number of anilines is 1. The number of hydrogen-bond donors (Lipinski definition) is 2. The maximum absolute atomic E-state index is 11.7. The van der Waals surface area contributed by atoms with Crippen molar-refractivity contribution in [2.24, 2.45) is 0 Å². The molecular weight excluding hydrogens is 210 g/mol. The van der Waals surface area contributed by atoms with Crippen LogP contribution in [0, 0.1) is 0 Å². The molecule has 6 heteroatoms. The molecule has 0 atom stereocenters. The van der Waals surface area contributed by atoms with E-state index in [4.69, 9.17) is 15.6 Å². The van der Waals surface area contributed by atoms with Crippen LogP contribution in [0.1, 0.15) is 31.1 Å². The monoisotopic (exact) mass is 227 g/mol. The molecule has 1 aromatic rings. The number of carbonyl (C=O) groups is 1. The van der Waals surface area contributed by atoms with E-state index in [2.05, 4.69) is 5.10 Å². The maximum atomic E-state index is 11.7. The SMILES string of the molecule is CC(C)(C)OC(=O)c1cnn(CCO)c1N. The topological polar surface area (TPSA) is 90.4 Å². The van der Waals surface area contributed by atoms with Crippen molar-refractivity contribution in [2.75, 3.05) is 12.3 Å². The first-order valence-electron chi connectivity index (χ1n) is 5.00. The molecule has 6 nitrogen and oxygen atoms in total. The van der Waals surface area contributed by atoms with Crippen molar-refractivity contribution in [3.05, 3.63) is 11.8 Å². The van der Waals surface area contributed by atoms with Crippen LogP contribution in [0.25, 0.3) is 0 Å². The lowest BCUT2D eigenvalue weighted by molar-refractivity contribution is 0.00707. The van der Waals surface area contributed by atoms with Crippen LogP contribution in [0.15, 0.2) is 6.20 Å². The predicted octanol–water partition coefficient (Wildman–Crippen LogP) is 0.413. The Labute approximate surface area is 94.0 Å². The normalized spacial score (nSPS) is 11.5. The summed E-state index contributed by atoms with van der Waals surface area (Å²) in [6.07, 6.45) is 1.35. The Balaban J connectivity index is 2.84. The molecule has 0 spiro atoms. The van der Waals surface area contributed by atoms with Gasteiger partial charge in [0.1, 0.15) is 17.0 Å². The van der Waals surface area contributed by atoms with Crippen LogP contribution in [-0.4, -0.2) is 33.1 Å². The van der Waals surface area contributed by atoms with Crippen molar-refractivity contribution in [3.8, 4) is 0 Å². The lowest BCUT2D eigenvalue weighted by atomic mass is 10.2. The number of aromatic nitrogens is 2. The minimum Gasteiger partial charge on any atom is -0.456 e. The molecule has 3 N–H and O–H groups in total. The van der Waals surface area contributed by atoms with Crippen molar-refractivity contribution >= 4 is 11.8 Å². The van der Waals surface area contributed by atoms with Gasteiger partial charge in [-0.25, -0.2) is 9.48 Å². The van der Waals surface area contributed by atoms with Gasteiger partial charge in [-0.05, 0) is 20.8 Å². The first-order chi connectivity index (χ1) is 7.35. The lowest BCUT2D eigenvalue weighted by Gasteiger charge is -2.19. The fraction of sp³-hybridized carbons (Fsp3) is 0.600. The zero-order valence-electron chi connectivity index (χ0n) is 9.73. The van der Waals surface area contributed by atoms with E-state index in [-0.39, 0.29) is 24.5 Å².